The summed E-state index contributed by atoms with van der Waals surface area (Å²) in [6.07, 6.45) is 16.4. The lowest BCUT2D eigenvalue weighted by Crippen LogP contribution is -2.53. The Bertz CT molecular complexity index is 3240. The minimum absolute atomic E-state index is 0.147. The van der Waals surface area contributed by atoms with Gasteiger partial charge < -0.3 is 44.7 Å². The van der Waals surface area contributed by atoms with Gasteiger partial charge in [-0.25, -0.2) is 0 Å². The van der Waals surface area contributed by atoms with Gasteiger partial charge in [0.1, 0.15) is 12.1 Å². The Morgan fingerprint density at radius 3 is 1.86 bits per heavy atom. The van der Waals surface area contributed by atoms with Gasteiger partial charge in [0.2, 0.25) is 17.7 Å². The summed E-state index contributed by atoms with van der Waals surface area (Å²) in [5.74, 6) is -0.931. The molecule has 7 amide bonds. The topological polar surface area (TPSA) is 227 Å². The summed E-state index contributed by atoms with van der Waals surface area (Å²) in [6, 6.07) is 21.4. The maximum atomic E-state index is 14.1. The number of methoxy groups -OCH3 is 2. The molecule has 3 N–H and O–H groups in total. The smallest absolute Gasteiger partial charge is 0.257 e. The molecule has 0 radical (unpaired) electrons. The number of amides is 7. The molecule has 0 saturated carbocycles. The van der Waals surface area contributed by atoms with Gasteiger partial charge in [-0.2, -0.15) is 0 Å². The molecule has 4 atom stereocenters. The average Bonchev–Trinajstić information content (AvgIpc) is 4.15. The van der Waals surface area contributed by atoms with Crippen molar-refractivity contribution in [3.8, 4) is 23.0 Å². The number of aliphatic imine (C=N–C) groups is 2. The first-order valence-corrected chi connectivity index (χ1v) is 26.8. The second-order valence-corrected chi connectivity index (χ2v) is 20.2. The third kappa shape index (κ3) is 12.9. The first-order chi connectivity index (χ1) is 38.7. The number of anilines is 1. The number of imide groups is 1. The first-order valence-electron chi connectivity index (χ1n) is 26.8. The quantitative estimate of drug-likeness (QED) is 0.0489. The first kappa shape index (κ1) is 55.6. The van der Waals surface area contributed by atoms with Crippen molar-refractivity contribution < 1.29 is 52.5 Å². The number of rotatable bonds is 23. The maximum Gasteiger partial charge on any atom is 0.257 e. The number of unbranched alkanes of at least 4 members (excludes halogenated alkanes) is 2. The van der Waals surface area contributed by atoms with Crippen molar-refractivity contribution in [1.82, 2.24) is 25.3 Å². The van der Waals surface area contributed by atoms with Gasteiger partial charge in [-0.15, -0.1) is 0 Å². The fourth-order valence-corrected chi connectivity index (χ4v) is 9.82. The average molecular weight is 1090 g/mol. The van der Waals surface area contributed by atoms with E-state index in [1.54, 1.807) is 79.4 Å². The number of carbonyl (C=O) groups excluding carboxylic acids is 7. The molecule has 9 rings (SSSR count). The predicted octanol–water partition coefficient (Wildman–Crippen LogP) is 7.43. The van der Waals surface area contributed by atoms with E-state index < -0.39 is 29.9 Å². The van der Waals surface area contributed by atoms with Gasteiger partial charge in [0, 0.05) is 74.9 Å². The highest BCUT2D eigenvalue weighted by Crippen LogP contribution is 2.40. The van der Waals surface area contributed by atoms with Crippen molar-refractivity contribution in [2.24, 2.45) is 15.9 Å². The molecule has 19 nitrogen and oxygen atoms in total. The number of benzene rings is 4. The SMILES string of the molecule is COc1cc2c(cc1OCCCOc1cc3c(cc1OC)C(=O)N1CC(c4ccc(NC(=O)[C@H](C)NC(=O)[C@@H](NC(=O)CCCCCN5C(=O)C=CC5=O)C(C)C)cc4)=C[C@H]1C=N3)N=C[C@@H]1C=C(/C=C/c3ccccc3)CN1C2=O. The molecule has 414 valence electrons. The normalized spacial score (nSPS) is 17.8. The predicted molar refractivity (Wildman–Crippen MR) is 303 cm³/mol. The Morgan fingerprint density at radius 2 is 1.26 bits per heavy atom. The van der Waals surface area contributed by atoms with Crippen molar-refractivity contribution in [3.63, 3.8) is 0 Å². The van der Waals surface area contributed by atoms with Crippen LogP contribution in [0.2, 0.25) is 0 Å². The Balaban J connectivity index is 0.739. The van der Waals surface area contributed by atoms with E-state index in [2.05, 4.69) is 16.0 Å². The van der Waals surface area contributed by atoms with Crippen LogP contribution in [0.25, 0.3) is 11.6 Å². The van der Waals surface area contributed by atoms with E-state index in [0.29, 0.717) is 90.0 Å². The summed E-state index contributed by atoms with van der Waals surface area (Å²) in [7, 11) is 3.04. The van der Waals surface area contributed by atoms with Crippen molar-refractivity contribution >= 4 is 82.5 Å². The highest BCUT2D eigenvalue weighted by molar-refractivity contribution is 6.13. The lowest BCUT2D eigenvalue weighted by atomic mass is 10.0. The van der Waals surface area contributed by atoms with Crippen molar-refractivity contribution in [1.29, 1.82) is 0 Å². The van der Waals surface area contributed by atoms with Gasteiger partial charge in [0.15, 0.2) is 23.0 Å². The largest absolute Gasteiger partial charge is 0.493 e. The lowest BCUT2D eigenvalue weighted by molar-refractivity contribution is -0.137. The van der Waals surface area contributed by atoms with Crippen molar-refractivity contribution in [2.75, 3.05) is 52.4 Å². The summed E-state index contributed by atoms with van der Waals surface area (Å²) in [5.41, 5.74) is 6.07. The number of nitrogens with one attached hydrogen (secondary N) is 3. The maximum absolute atomic E-state index is 14.1. The fourth-order valence-electron chi connectivity index (χ4n) is 9.82. The van der Waals surface area contributed by atoms with Gasteiger partial charge in [-0.3, -0.25) is 48.4 Å². The molecular formula is C61H64N8O11. The monoisotopic (exact) mass is 1080 g/mol. The summed E-state index contributed by atoms with van der Waals surface area (Å²) >= 11 is 0. The number of hydrogen-bond acceptors (Lipinski definition) is 13. The molecule has 4 aromatic carbocycles. The van der Waals surface area contributed by atoms with Gasteiger partial charge >= 0.3 is 0 Å². The Morgan fingerprint density at radius 1 is 0.662 bits per heavy atom. The summed E-state index contributed by atoms with van der Waals surface area (Å²) in [5, 5.41) is 8.34. The standard InChI is InChI=1S/C61H64N8O11/c1-37(2)57(66-54(70)15-10-7-11-24-67-55(71)22-23-56(67)72)59(74)64-38(3)58(73)65-43-20-18-41(19-21-43)42-28-45-34-63-49-32-53(51(78-5)30-47(49)61(76)69(45)36-42)80-26-12-25-79-52-31-48-46(29-50(52)77-4)60(75)68-35-40(27-44(68)33-62-48)17-16-39-13-8-6-9-14-39/h6,8-9,13-14,16-23,27-34,37-38,44-45,57H,7,10-12,15,24-26,35-36H2,1-5H3,(H,64,74)(H,65,73)(H,66,70)/b17-16+/t38-,44-,45-,57-/m0/s1. The van der Waals surface area contributed by atoms with Crippen LogP contribution in [-0.2, 0) is 24.0 Å². The van der Waals surface area contributed by atoms with E-state index in [9.17, 15) is 33.6 Å². The number of carbonyl (C=O) groups is 7. The molecule has 5 heterocycles. The third-order valence-electron chi connectivity index (χ3n) is 14.3. The van der Waals surface area contributed by atoms with Gasteiger partial charge in [0.05, 0.1) is 62.0 Å². The summed E-state index contributed by atoms with van der Waals surface area (Å²) < 4.78 is 23.7. The molecule has 19 heteroatoms. The molecule has 0 spiro atoms. The molecule has 0 saturated heterocycles. The molecule has 80 heavy (non-hydrogen) atoms. The molecule has 5 aliphatic rings. The second-order valence-electron chi connectivity index (χ2n) is 20.2. The van der Waals surface area contributed by atoms with E-state index >= 15 is 0 Å². The van der Waals surface area contributed by atoms with E-state index in [1.165, 1.54) is 26.4 Å². The highest BCUT2D eigenvalue weighted by Gasteiger charge is 2.35. The number of ether oxygens (including phenoxy) is 4. The minimum Gasteiger partial charge on any atom is -0.493 e. The highest BCUT2D eigenvalue weighted by atomic mass is 16.5. The van der Waals surface area contributed by atoms with Crippen LogP contribution in [0, 0.1) is 5.92 Å². The molecule has 0 unspecified atom stereocenters. The van der Waals surface area contributed by atoms with Gasteiger partial charge in [-0.1, -0.05) is 87.0 Å². The van der Waals surface area contributed by atoms with Crippen LogP contribution in [0.5, 0.6) is 23.0 Å². The van der Waals surface area contributed by atoms with Crippen molar-refractivity contribution in [2.45, 2.75) is 77.0 Å². The molecule has 0 fully saturated rings. The van der Waals surface area contributed by atoms with Gasteiger partial charge in [-0.05, 0) is 72.2 Å². The van der Waals surface area contributed by atoms with E-state index in [1.807, 2.05) is 66.8 Å². The minimum atomic E-state index is -0.925. The Labute approximate surface area is 464 Å². The molecule has 0 aromatic heterocycles. The zero-order valence-electron chi connectivity index (χ0n) is 45.3. The van der Waals surface area contributed by atoms with Crippen molar-refractivity contribution in [3.05, 3.63) is 137 Å². The van der Waals surface area contributed by atoms with E-state index in [-0.39, 0.29) is 67.7 Å². The molecular weight excluding hydrogens is 1020 g/mol. The molecule has 0 aliphatic carbocycles. The molecule has 0 bridgehead atoms. The van der Waals surface area contributed by atoms with E-state index in [4.69, 9.17) is 28.9 Å². The van der Waals surface area contributed by atoms with Crippen LogP contribution in [0.1, 0.15) is 84.7 Å². The van der Waals surface area contributed by atoms with Crippen LogP contribution in [0.4, 0.5) is 17.1 Å². The molecule has 5 aliphatic heterocycles. The Kier molecular flexibility index (Phi) is 17.5. The zero-order valence-corrected chi connectivity index (χ0v) is 45.3. The number of hydrogen-bond donors (Lipinski definition) is 3. The number of nitrogens with zero attached hydrogens (tertiary/aromatic N) is 5. The molecule has 4 aromatic rings. The summed E-state index contributed by atoms with van der Waals surface area (Å²) in [6.45, 7) is 6.72. The number of fused-ring (bicyclic) bond motifs is 4. The van der Waals surface area contributed by atoms with Crippen LogP contribution < -0.4 is 34.9 Å². The third-order valence-corrected chi connectivity index (χ3v) is 14.3. The summed E-state index contributed by atoms with van der Waals surface area (Å²) in [4.78, 5) is 105. The van der Waals surface area contributed by atoms with Crippen LogP contribution in [0.3, 0.4) is 0 Å². The van der Waals surface area contributed by atoms with E-state index in [0.717, 1.165) is 27.2 Å². The van der Waals surface area contributed by atoms with Crippen LogP contribution >= 0.6 is 0 Å². The second kappa shape index (κ2) is 25.1. The Hall–Kier alpha value is -9.13. The lowest BCUT2D eigenvalue weighted by Gasteiger charge is -2.24. The fraction of sp³-hybridized carbons (Fsp3) is 0.328. The van der Waals surface area contributed by atoms with Crippen LogP contribution in [-0.4, -0.2) is 140 Å². The van der Waals surface area contributed by atoms with Crippen LogP contribution in [0.15, 0.2) is 125 Å². The zero-order chi connectivity index (χ0) is 56.5. The van der Waals surface area contributed by atoms with Gasteiger partial charge in [0.25, 0.3) is 23.6 Å².